The number of halogens is 19. The number of rotatable bonds is 8. The normalized spacial score (nSPS) is 11.7. The van der Waals surface area contributed by atoms with Gasteiger partial charge in [-0.25, -0.2) is 43.9 Å². The van der Waals surface area contributed by atoms with Gasteiger partial charge in [-0.2, -0.15) is 54.8 Å². The molecule has 0 radical (unpaired) electrons. The minimum absolute atomic E-state index is 0.0627. The van der Waals surface area contributed by atoms with E-state index < -0.39 is 139 Å². The fourth-order valence-corrected chi connectivity index (χ4v) is 6.90. The minimum atomic E-state index is -4.81. The van der Waals surface area contributed by atoms with Crippen LogP contribution in [0.4, 0.5) is 100 Å². The highest BCUT2D eigenvalue weighted by Gasteiger charge is 2.38. The molecule has 0 aliphatic heterocycles. The van der Waals surface area contributed by atoms with Crippen molar-refractivity contribution in [1.29, 1.82) is 0 Å². The molecule has 4 N–H and O–H groups in total. The van der Waals surface area contributed by atoms with Crippen molar-refractivity contribution in [2.24, 2.45) is 21.1 Å². The number of hydrogen-bond donors (Lipinski definition) is 3. The molecule has 76 heavy (non-hydrogen) atoms. The molecule has 0 unspecified atom stereocenters. The lowest BCUT2D eigenvalue weighted by Crippen LogP contribution is -2.14. The molecule has 0 aliphatic rings. The Morgan fingerprint density at radius 3 is 1.14 bits per heavy atom. The molecule has 0 aliphatic carbocycles. The van der Waals surface area contributed by atoms with Crippen LogP contribution in [0.3, 0.4) is 0 Å². The van der Waals surface area contributed by atoms with Crippen LogP contribution >= 0.6 is 0 Å². The first-order chi connectivity index (χ1) is 35.2. The molecule has 5 aromatic carbocycles. The van der Waals surface area contributed by atoms with Crippen LogP contribution in [0.1, 0.15) is 33.0 Å². The number of carbonyl (C=O) groups excluding carboxylic acids is 1. The van der Waals surface area contributed by atoms with Crippen LogP contribution in [0.15, 0.2) is 91.0 Å². The summed E-state index contributed by atoms with van der Waals surface area (Å²) in [5, 5.41) is 14.2. The number of aromatic nitrogens is 6. The average Bonchev–Trinajstić information content (AvgIpc) is 3.99. The van der Waals surface area contributed by atoms with Crippen molar-refractivity contribution in [3.63, 3.8) is 0 Å². The van der Waals surface area contributed by atoms with Gasteiger partial charge in [-0.05, 0) is 72.8 Å². The van der Waals surface area contributed by atoms with Gasteiger partial charge in [-0.3, -0.25) is 18.8 Å². The summed E-state index contributed by atoms with van der Waals surface area (Å²) in [4.78, 5) is 12.0. The lowest BCUT2D eigenvalue weighted by molar-refractivity contribution is -0.142. The molecule has 0 fully saturated rings. The minimum Gasteiger partial charge on any atom is -0.399 e. The Kier molecular flexibility index (Phi) is 16.2. The first-order valence-electron chi connectivity index (χ1n) is 20.7. The molecule has 3 heterocycles. The Morgan fingerprint density at radius 2 is 0.803 bits per heavy atom. The summed E-state index contributed by atoms with van der Waals surface area (Å²) in [5.41, 5.74) is -3.00. The lowest BCUT2D eigenvalue weighted by Gasteiger charge is -2.11. The topological polar surface area (TPSA) is 121 Å². The second-order valence-corrected chi connectivity index (χ2v) is 15.8. The molecule has 0 saturated carbocycles. The maximum atomic E-state index is 14.4. The number of nitrogen functional groups attached to an aromatic ring is 1. The molecule has 8 aromatic rings. The van der Waals surface area contributed by atoms with E-state index in [0.29, 0.717) is 47.1 Å². The number of benzene rings is 5. The van der Waals surface area contributed by atoms with Gasteiger partial charge in [0.25, 0.3) is 5.91 Å². The number of hydrogen-bond acceptors (Lipinski definition) is 6. The number of anilines is 3. The second kappa shape index (κ2) is 21.7. The predicted octanol–water partition coefficient (Wildman–Crippen LogP) is 13.2. The zero-order valence-corrected chi connectivity index (χ0v) is 38.2. The van der Waals surface area contributed by atoms with Crippen molar-refractivity contribution in [3.8, 4) is 33.8 Å². The average molecular weight is 1100 g/mol. The molecule has 10 nitrogen and oxygen atoms in total. The van der Waals surface area contributed by atoms with E-state index in [1.165, 1.54) is 13.1 Å². The van der Waals surface area contributed by atoms with Gasteiger partial charge in [0.2, 0.25) is 0 Å². The van der Waals surface area contributed by atoms with Crippen molar-refractivity contribution in [1.82, 2.24) is 29.3 Å². The molecule has 8 rings (SSSR count). The maximum absolute atomic E-state index is 14.4. The van der Waals surface area contributed by atoms with E-state index in [0.717, 1.165) is 65.9 Å². The van der Waals surface area contributed by atoms with Crippen LogP contribution < -0.4 is 16.4 Å². The Morgan fingerprint density at radius 1 is 0.461 bits per heavy atom. The predicted molar refractivity (Wildman–Crippen MR) is 233 cm³/mol. The molecule has 0 saturated heterocycles. The molecule has 29 heteroatoms. The van der Waals surface area contributed by atoms with Gasteiger partial charge in [0.05, 0.1) is 39.3 Å². The van der Waals surface area contributed by atoms with Crippen LogP contribution in [0.25, 0.3) is 33.8 Å². The lowest BCUT2D eigenvalue weighted by atomic mass is 10.1. The fraction of sp³-hybridized carbons (Fsp3) is 0.149. The molecule has 0 bridgehead atoms. The van der Waals surface area contributed by atoms with Crippen LogP contribution in [-0.4, -0.2) is 35.2 Å². The van der Waals surface area contributed by atoms with Crippen molar-refractivity contribution in [3.05, 3.63) is 177 Å². The smallest absolute Gasteiger partial charge is 0.399 e. The van der Waals surface area contributed by atoms with Gasteiger partial charge in [0, 0.05) is 62.4 Å². The first kappa shape index (κ1) is 56.8. The van der Waals surface area contributed by atoms with Gasteiger partial charge in [0.15, 0.2) is 17.1 Å². The number of nitrogens with one attached hydrogen (secondary N) is 2. The highest BCUT2D eigenvalue weighted by atomic mass is 19.4. The molecule has 0 atom stereocenters. The van der Waals surface area contributed by atoms with Crippen LogP contribution in [0.2, 0.25) is 0 Å². The largest absolute Gasteiger partial charge is 0.435 e. The third-order valence-corrected chi connectivity index (χ3v) is 10.4. The van der Waals surface area contributed by atoms with Crippen LogP contribution in [0, 0.1) is 58.2 Å². The highest BCUT2D eigenvalue weighted by molar-refractivity contribution is 6.04. The van der Waals surface area contributed by atoms with E-state index in [4.69, 9.17) is 5.73 Å². The number of carbonyl (C=O) groups is 1. The van der Waals surface area contributed by atoms with E-state index in [1.54, 1.807) is 0 Å². The monoisotopic (exact) mass is 1100 g/mol. The zero-order chi connectivity index (χ0) is 56.5. The molecule has 1 amide bonds. The van der Waals surface area contributed by atoms with Crippen molar-refractivity contribution in [2.45, 2.75) is 25.1 Å². The molecule has 402 valence electrons. The third-order valence-electron chi connectivity index (χ3n) is 10.4. The van der Waals surface area contributed by atoms with E-state index in [1.807, 2.05) is 5.32 Å². The van der Waals surface area contributed by atoms with E-state index >= 15 is 0 Å². The van der Waals surface area contributed by atoms with Crippen LogP contribution in [0.5, 0.6) is 0 Å². The Balaban J connectivity index is 0.000000189. The fourth-order valence-electron chi connectivity index (χ4n) is 6.90. The maximum Gasteiger partial charge on any atom is 0.435 e. The first-order valence-corrected chi connectivity index (χ1v) is 20.7. The van der Waals surface area contributed by atoms with Crippen molar-refractivity contribution in [2.75, 3.05) is 16.4 Å². The van der Waals surface area contributed by atoms with Gasteiger partial charge in [0.1, 0.15) is 58.2 Å². The quantitative estimate of drug-likeness (QED) is 0.103. The standard InChI is InChI=1S/C18H10F7N3O.C18H12F7N3.C11H8F5N3/c1-28-14(7-15(27-28)18(23,24)25)16-12(21)5-9(6-13(16)22)26-17(29)10-3-2-8(19)4-11(10)20;1-28-15(7-16(27-28)18(23,24)25)17-13(21)5-11(6-14(17)22)26-8-9-2-3-10(19)4-12(9)20;1-19-8(4-9(18-19)11(14,15)16)10-6(12)2-5(17)3-7(10)13/h2-7H,1H3,(H,26,29);2-7,26H,8H2,1H3;2-4H,17H2,1H3. The van der Waals surface area contributed by atoms with Gasteiger partial charge in [-0.1, -0.05) is 6.07 Å². The number of alkyl halides is 9. The summed E-state index contributed by atoms with van der Waals surface area (Å²) < 4.78 is 254. The number of nitrogens with zero attached hydrogens (tertiary/aromatic N) is 6. The van der Waals surface area contributed by atoms with Gasteiger partial charge >= 0.3 is 18.5 Å². The molecular weight excluding hydrogens is 1070 g/mol. The van der Waals surface area contributed by atoms with Crippen molar-refractivity contribution < 1.29 is 88.2 Å². The SMILES string of the molecule is Cn1nc(C(F)(F)F)cc1-c1c(F)cc(N)cc1F.Cn1nc(C(F)(F)F)cc1-c1c(F)cc(NC(=O)c2ccc(F)cc2F)cc1F.Cn1nc(C(F)(F)F)cc1-c1c(F)cc(NCc2ccc(F)cc2F)cc1F. The number of nitrogens with two attached hydrogens (primary N) is 1. The van der Waals surface area contributed by atoms with E-state index in [-0.39, 0.29) is 29.2 Å². The summed E-state index contributed by atoms with van der Waals surface area (Å²) in [5.74, 6) is -11.7. The summed E-state index contributed by atoms with van der Waals surface area (Å²) in [6.07, 6.45) is -14.3. The second-order valence-electron chi connectivity index (χ2n) is 15.8. The van der Waals surface area contributed by atoms with E-state index in [2.05, 4.69) is 20.6 Å². The zero-order valence-electron chi connectivity index (χ0n) is 38.2. The number of aryl methyl sites for hydroxylation is 3. The Hall–Kier alpha value is -8.53. The molecular formula is C47H30F19N9O. The molecule has 3 aromatic heterocycles. The summed E-state index contributed by atoms with van der Waals surface area (Å²) in [6.45, 7) is -0.186. The van der Waals surface area contributed by atoms with Crippen LogP contribution in [-0.2, 0) is 46.2 Å². The highest BCUT2D eigenvalue weighted by Crippen LogP contribution is 2.37. The van der Waals surface area contributed by atoms with Crippen molar-refractivity contribution >= 4 is 23.0 Å². The van der Waals surface area contributed by atoms with E-state index in [9.17, 15) is 88.2 Å². The third kappa shape index (κ3) is 13.0. The Labute approximate surface area is 413 Å². The molecule has 0 spiro atoms. The summed E-state index contributed by atoms with van der Waals surface area (Å²) in [6, 6.07) is 11.3. The van der Waals surface area contributed by atoms with Gasteiger partial charge in [-0.15, -0.1) is 0 Å². The number of amides is 1. The van der Waals surface area contributed by atoms with Gasteiger partial charge < -0.3 is 16.4 Å². The Bertz CT molecular complexity index is 3400. The summed E-state index contributed by atoms with van der Waals surface area (Å²) >= 11 is 0. The summed E-state index contributed by atoms with van der Waals surface area (Å²) in [7, 11) is 3.38.